The maximum absolute atomic E-state index is 14.0. The molecule has 32 heteroatoms. The summed E-state index contributed by atoms with van der Waals surface area (Å²) in [7, 11) is -3.55. The lowest BCUT2D eigenvalue weighted by molar-refractivity contribution is -0.146. The fraction of sp³-hybridized carbons (Fsp3) is 0.857. The highest BCUT2D eigenvalue weighted by atomic mass is 31.2. The Balaban J connectivity index is 1.60. The number of rotatable bonds is 70. The molecule has 17 atom stereocenters. The molecule has 123 heavy (non-hydrogen) atoms. The van der Waals surface area contributed by atoms with Crippen LogP contribution in [0.4, 0.5) is 0 Å². The molecule has 3 aliphatic rings. The minimum absolute atomic E-state index is 0.0196. The Hall–Kier alpha value is -6.18. The van der Waals surface area contributed by atoms with E-state index >= 15 is 0 Å². The van der Waals surface area contributed by atoms with Crippen LogP contribution in [0, 0.1) is 59.2 Å². The molecule has 0 bridgehead atoms. The molecule has 0 radical (unpaired) electrons. The fourth-order valence-corrected chi connectivity index (χ4v) is 17.0. The molecule has 3 aliphatic carbocycles. The largest absolute Gasteiger partial charge is 0.466 e. The normalized spacial score (nSPS) is 23.5. The van der Waals surface area contributed by atoms with Crippen molar-refractivity contribution in [3.8, 4) is 0 Å². The van der Waals surface area contributed by atoms with Crippen molar-refractivity contribution in [2.75, 3.05) is 112 Å². The molecule has 8 unspecified atom stereocenters. The monoisotopic (exact) mass is 1770 g/mol. The molecule has 0 aromatic heterocycles. The fourth-order valence-electron chi connectivity index (χ4n) is 16.6. The van der Waals surface area contributed by atoms with Crippen LogP contribution in [-0.4, -0.2) is 230 Å². The minimum atomic E-state index is -3.55. The Kier molecular flexibility index (Phi) is 57.5. The van der Waals surface area contributed by atoms with Crippen LogP contribution < -0.4 is 31.9 Å². The summed E-state index contributed by atoms with van der Waals surface area (Å²) in [5, 5.41) is 17.8. The first-order valence-corrected chi connectivity index (χ1v) is 48.2. The summed E-state index contributed by atoms with van der Waals surface area (Å²) in [5.74, 6) is -0.163. The van der Waals surface area contributed by atoms with Gasteiger partial charge in [-0.3, -0.25) is 66.9 Å². The average molecular weight is 1770 g/mol. The Morgan fingerprint density at radius 1 is 0.333 bits per heavy atom. The van der Waals surface area contributed by atoms with E-state index in [0.717, 1.165) is 38.8 Å². The number of amides is 6. The Morgan fingerprint density at radius 3 is 1.06 bits per heavy atom. The van der Waals surface area contributed by atoms with Crippen LogP contribution in [0.5, 0.6) is 0 Å². The summed E-state index contributed by atoms with van der Waals surface area (Å²) in [6.45, 7) is 25.9. The lowest BCUT2D eigenvalue weighted by Crippen LogP contribution is -2.58. The first-order valence-electron chi connectivity index (χ1n) is 46.1. The van der Waals surface area contributed by atoms with Crippen molar-refractivity contribution in [3.05, 3.63) is 0 Å². The van der Waals surface area contributed by atoms with E-state index in [2.05, 4.69) is 80.4 Å². The van der Waals surface area contributed by atoms with Crippen molar-refractivity contribution in [2.24, 2.45) is 59.2 Å². The first-order chi connectivity index (χ1) is 58.5. The van der Waals surface area contributed by atoms with E-state index in [9.17, 15) is 71.8 Å². The first kappa shape index (κ1) is 111. The molecule has 0 spiro atoms. The highest BCUT2D eigenvalue weighted by Gasteiger charge is 2.45. The number of Topliss-reactive ketones (excluding diaryl/α,β-unsaturated/α-hetero) is 4. The van der Waals surface area contributed by atoms with Gasteiger partial charge in [0.15, 0.2) is 0 Å². The number of carbonyl (C=O) groups is 13. The van der Waals surface area contributed by atoms with E-state index in [1.54, 1.807) is 0 Å². The van der Waals surface area contributed by atoms with E-state index in [0.29, 0.717) is 179 Å². The molecule has 3 rings (SSSR count). The number of unbranched alkanes of at least 4 members (excludes halogenated alkanes) is 10. The molecule has 0 heterocycles. The zero-order valence-corrected chi connectivity index (χ0v) is 77.9. The smallest absolute Gasteiger partial charge is 0.325 e. The standard InChI is InChI=1S/C91H159N6O25P/c1-63-64(2)75(57-119-72(10)100)54-82(67(63)5)116-47-27-22-36-78(103)32-18-16-20-34-80(105)41-51-113-60-91(97-88(110)40-30-39-86(108)92-44-25-14-15-26-50-122-123(13,111)112,61-114-52-42-81(106)35-21-17-19-33-79(104)37-23-28-48-117-83-55-76(58-120-73(11)101)65(3)68(6)89(83)95-70(8)98)62-115-53-43-87(109)94-46-31-45-93-85(107)38-24-29-49-118-84-56-77(59-121-74(12)102)66(4)69(7)90(84)96-71(9)99/h63-69,75-77,82-84,89-90H,14-62H2,1-13H3,(H,92,108)(H,93,107)(H,94,109)(H,95,98)(H,96,99)(H,97,110)(H,111,112)/t63-,64+,65+,66+,67?,68-,69-,75?,76?,77?,82+,83+,84+,89?,90?,91?/m0/s1. The predicted octanol–water partition coefficient (Wildman–Crippen LogP) is 11.4. The van der Waals surface area contributed by atoms with Crippen LogP contribution in [0.3, 0.4) is 0 Å². The number of carbonyl (C=O) groups excluding carboxylic acids is 13. The molecule has 3 saturated carbocycles. The van der Waals surface area contributed by atoms with Gasteiger partial charge in [-0.25, -0.2) is 0 Å². The van der Waals surface area contributed by atoms with Gasteiger partial charge in [0, 0.05) is 158 Å². The van der Waals surface area contributed by atoms with Gasteiger partial charge in [0.25, 0.3) is 0 Å². The van der Waals surface area contributed by atoms with E-state index < -0.39 is 19.0 Å². The third-order valence-electron chi connectivity index (χ3n) is 24.8. The lowest BCUT2D eigenvalue weighted by Gasteiger charge is -2.44. The maximum Gasteiger partial charge on any atom is 0.325 e. The number of hydrogen-bond donors (Lipinski definition) is 7. The average Bonchev–Trinajstić information content (AvgIpc) is 0.815. The van der Waals surface area contributed by atoms with Gasteiger partial charge >= 0.3 is 25.5 Å². The van der Waals surface area contributed by atoms with E-state index in [1.807, 2.05) is 0 Å². The summed E-state index contributed by atoms with van der Waals surface area (Å²) in [5.41, 5.74) is -1.41. The molecular weight excluding hydrogens is 1610 g/mol. The summed E-state index contributed by atoms with van der Waals surface area (Å²) in [6.07, 6.45) is 15.1. The van der Waals surface area contributed by atoms with Gasteiger partial charge in [-0.15, -0.1) is 0 Å². The lowest BCUT2D eigenvalue weighted by atomic mass is 9.67. The van der Waals surface area contributed by atoms with Crippen molar-refractivity contribution in [1.82, 2.24) is 31.9 Å². The third kappa shape index (κ3) is 50.8. The van der Waals surface area contributed by atoms with Crippen LogP contribution >= 0.6 is 7.60 Å². The van der Waals surface area contributed by atoms with Crippen LogP contribution in [0.15, 0.2) is 0 Å². The molecule has 3 fully saturated rings. The van der Waals surface area contributed by atoms with Crippen molar-refractivity contribution >= 4 is 84.1 Å². The molecule has 0 aliphatic heterocycles. The number of ketones is 4. The Morgan fingerprint density at radius 2 is 0.650 bits per heavy atom. The molecule has 708 valence electrons. The SMILES string of the molecule is CC(=O)NC1[C@@H](C)[C@@H](C)C(COC(C)=O)C[C@H]1OCCCCC(=O)CCCCCC(=O)CCOCC(COCCC(=O)CCCCCC(=O)CCCCO[C@@H]1CC(COC(C)=O)[C@H](C)[C@H](C)C1C)(COCCC(=O)NCCCNC(=O)CCCCO[C@@H]1CC(COC(C)=O)[C@H](C)[C@H](C)C1NC(C)=O)NC(=O)CCCC(=O)NCCCCCCOP(C)(=O)O. The Labute approximate surface area is 733 Å². The number of nitrogens with one attached hydrogen (secondary N) is 6. The number of ether oxygens (including phenoxy) is 9. The summed E-state index contributed by atoms with van der Waals surface area (Å²) in [4.78, 5) is 174. The highest BCUT2D eigenvalue weighted by Crippen LogP contribution is 2.42. The number of hydrogen-bond acceptors (Lipinski definition) is 24. The second kappa shape index (κ2) is 63.7. The molecular formula is C91H159N6O25P. The van der Waals surface area contributed by atoms with Gasteiger partial charge in [0.05, 0.1) is 96.5 Å². The number of esters is 3. The van der Waals surface area contributed by atoms with Crippen LogP contribution in [0.2, 0.25) is 0 Å². The third-order valence-corrected chi connectivity index (χ3v) is 25.5. The molecule has 0 saturated heterocycles. The Bertz CT molecular complexity index is 3070. The maximum atomic E-state index is 14.0. The van der Waals surface area contributed by atoms with Crippen molar-refractivity contribution < 1.29 is 119 Å². The van der Waals surface area contributed by atoms with Gasteiger partial charge < -0.3 is 83.9 Å². The summed E-state index contributed by atoms with van der Waals surface area (Å²) >= 11 is 0. The zero-order chi connectivity index (χ0) is 91.1. The van der Waals surface area contributed by atoms with Crippen molar-refractivity contribution in [2.45, 2.75) is 331 Å². The van der Waals surface area contributed by atoms with Gasteiger partial charge in [0.1, 0.15) is 28.7 Å². The van der Waals surface area contributed by atoms with E-state index in [1.165, 1.54) is 34.6 Å². The van der Waals surface area contributed by atoms with Gasteiger partial charge in [-0.1, -0.05) is 74.1 Å². The second-order valence-electron chi connectivity index (χ2n) is 35.3. The van der Waals surface area contributed by atoms with Crippen LogP contribution in [0.25, 0.3) is 0 Å². The van der Waals surface area contributed by atoms with Gasteiger partial charge in [-0.2, -0.15) is 0 Å². The topological polar surface area (TPSA) is 424 Å². The van der Waals surface area contributed by atoms with Gasteiger partial charge in [-0.05, 0) is 168 Å². The predicted molar refractivity (Wildman–Crippen MR) is 465 cm³/mol. The summed E-state index contributed by atoms with van der Waals surface area (Å²) < 4.78 is 70.0. The summed E-state index contributed by atoms with van der Waals surface area (Å²) in [6, 6.07) is -0.401. The highest BCUT2D eigenvalue weighted by molar-refractivity contribution is 7.51. The van der Waals surface area contributed by atoms with E-state index in [-0.39, 0.29) is 266 Å². The zero-order valence-electron chi connectivity index (χ0n) is 77.0. The molecule has 7 N–H and O–H groups in total. The molecule has 0 aromatic rings. The van der Waals surface area contributed by atoms with Crippen molar-refractivity contribution in [3.63, 3.8) is 0 Å². The molecule has 0 aromatic carbocycles. The van der Waals surface area contributed by atoms with Crippen LogP contribution in [0.1, 0.15) is 295 Å². The molecule has 31 nitrogen and oxygen atoms in total. The molecule has 6 amide bonds. The minimum Gasteiger partial charge on any atom is -0.466 e. The van der Waals surface area contributed by atoms with Crippen LogP contribution in [-0.2, 0) is 114 Å². The quantitative estimate of drug-likeness (QED) is 0.0129. The van der Waals surface area contributed by atoms with Gasteiger partial charge in [0.2, 0.25) is 35.4 Å². The van der Waals surface area contributed by atoms with Crippen molar-refractivity contribution in [1.29, 1.82) is 0 Å². The van der Waals surface area contributed by atoms with E-state index in [4.69, 9.17) is 47.2 Å². The second-order valence-corrected chi connectivity index (χ2v) is 37.1.